The zero-order valence-electron chi connectivity index (χ0n) is 12.4. The van der Waals surface area contributed by atoms with E-state index in [9.17, 15) is 13.2 Å². The summed E-state index contributed by atoms with van der Waals surface area (Å²) < 4.78 is 37.6. The van der Waals surface area contributed by atoms with Gasteiger partial charge in [-0.25, -0.2) is 0 Å². The molecule has 22 heavy (non-hydrogen) atoms. The first-order valence-corrected chi connectivity index (χ1v) is 7.38. The van der Waals surface area contributed by atoms with Gasteiger partial charge in [0.2, 0.25) is 0 Å². The van der Waals surface area contributed by atoms with Gasteiger partial charge in [0.1, 0.15) is 0 Å². The Morgan fingerprint density at radius 1 is 0.818 bits per heavy atom. The summed E-state index contributed by atoms with van der Waals surface area (Å²) in [7, 11) is 0. The summed E-state index contributed by atoms with van der Waals surface area (Å²) in [6.45, 7) is 3.70. The molecule has 2 aromatic rings. The number of benzene rings is 2. The van der Waals surface area contributed by atoms with Crippen molar-refractivity contribution >= 4 is 0 Å². The molecule has 0 unspecified atom stereocenters. The molecule has 0 aliphatic heterocycles. The smallest absolute Gasteiger partial charge is 0.166 e. The number of hydrogen-bond donors (Lipinski definition) is 0. The maximum absolute atomic E-state index is 12.5. The van der Waals surface area contributed by atoms with E-state index >= 15 is 0 Å². The Morgan fingerprint density at radius 3 is 1.86 bits per heavy atom. The van der Waals surface area contributed by atoms with Crippen molar-refractivity contribution in [2.24, 2.45) is 0 Å². The molecule has 0 bridgehead atoms. The van der Waals surface area contributed by atoms with Gasteiger partial charge >= 0.3 is 6.18 Å². The van der Waals surface area contributed by atoms with Crippen LogP contribution in [0.15, 0.2) is 61.2 Å². The molecule has 0 aliphatic rings. The molecule has 0 atom stereocenters. The molecule has 0 N–H and O–H groups in total. The van der Waals surface area contributed by atoms with E-state index < -0.39 is 11.7 Å². The van der Waals surface area contributed by atoms with E-state index in [4.69, 9.17) is 0 Å². The molecule has 2 rings (SSSR count). The van der Waals surface area contributed by atoms with Crippen LogP contribution < -0.4 is 0 Å². The minimum absolute atomic E-state index is 0.616. The lowest BCUT2D eigenvalue weighted by molar-refractivity contribution is -0.137. The van der Waals surface area contributed by atoms with Gasteiger partial charge in [0.05, 0.1) is 5.56 Å². The van der Waals surface area contributed by atoms with Crippen LogP contribution in [0.25, 0.3) is 11.1 Å². The Balaban J connectivity index is 2.02. The van der Waals surface area contributed by atoms with Crippen molar-refractivity contribution in [3.63, 3.8) is 0 Å². The van der Waals surface area contributed by atoms with Gasteiger partial charge in [0.15, 0.2) is 0 Å². The quantitative estimate of drug-likeness (QED) is 0.436. The van der Waals surface area contributed by atoms with Crippen molar-refractivity contribution in [2.45, 2.75) is 31.9 Å². The summed E-state index contributed by atoms with van der Waals surface area (Å²) in [6, 6.07) is 13.3. The Bertz CT molecular complexity index is 592. The lowest BCUT2D eigenvalue weighted by Gasteiger charge is -2.08. The van der Waals surface area contributed by atoms with Crippen LogP contribution in [0.4, 0.5) is 13.2 Å². The molecular formula is C19H19F3. The predicted octanol–water partition coefficient (Wildman–Crippen LogP) is 6.27. The van der Waals surface area contributed by atoms with Crippen molar-refractivity contribution in [2.75, 3.05) is 0 Å². The SMILES string of the molecule is C=CCCCCc1ccc(-c2ccc(C(F)(F)F)cc2)cc1. The molecule has 0 fully saturated rings. The molecule has 2 aromatic carbocycles. The van der Waals surface area contributed by atoms with Crippen LogP contribution in [0.3, 0.4) is 0 Å². The van der Waals surface area contributed by atoms with E-state index in [-0.39, 0.29) is 0 Å². The predicted molar refractivity (Wildman–Crippen MR) is 84.6 cm³/mol. The largest absolute Gasteiger partial charge is 0.416 e. The summed E-state index contributed by atoms with van der Waals surface area (Å²) in [5.74, 6) is 0. The fraction of sp³-hybridized carbons (Fsp3) is 0.263. The van der Waals surface area contributed by atoms with Gasteiger partial charge in [-0.3, -0.25) is 0 Å². The molecule has 116 valence electrons. The van der Waals surface area contributed by atoms with Gasteiger partial charge in [-0.2, -0.15) is 13.2 Å². The van der Waals surface area contributed by atoms with Gasteiger partial charge in [-0.15, -0.1) is 6.58 Å². The van der Waals surface area contributed by atoms with Crippen molar-refractivity contribution < 1.29 is 13.2 Å². The summed E-state index contributed by atoms with van der Waals surface area (Å²) in [4.78, 5) is 0. The van der Waals surface area contributed by atoms with Gasteiger partial charge in [0, 0.05) is 0 Å². The van der Waals surface area contributed by atoms with E-state index in [0.717, 1.165) is 48.9 Å². The first-order chi connectivity index (χ1) is 10.5. The molecule has 0 radical (unpaired) electrons. The van der Waals surface area contributed by atoms with Crippen LogP contribution in [0.2, 0.25) is 0 Å². The van der Waals surface area contributed by atoms with Crippen LogP contribution in [0.1, 0.15) is 30.4 Å². The molecule has 0 aliphatic carbocycles. The molecule has 0 amide bonds. The number of rotatable bonds is 6. The number of halogens is 3. The molecule has 0 aromatic heterocycles. The summed E-state index contributed by atoms with van der Waals surface area (Å²) in [6.07, 6.45) is 1.93. The average molecular weight is 304 g/mol. The van der Waals surface area contributed by atoms with Crippen molar-refractivity contribution in [3.05, 3.63) is 72.3 Å². The number of aryl methyl sites for hydroxylation is 1. The third-order valence-electron chi connectivity index (χ3n) is 3.62. The molecular weight excluding hydrogens is 285 g/mol. The standard InChI is InChI=1S/C19H19F3/c1-2-3-4-5-6-15-7-9-16(10-8-15)17-11-13-18(14-12-17)19(20,21)22/h2,7-14H,1,3-6H2. The average Bonchev–Trinajstić information content (AvgIpc) is 2.51. The molecule has 0 nitrogen and oxygen atoms in total. The zero-order valence-corrected chi connectivity index (χ0v) is 12.4. The van der Waals surface area contributed by atoms with Crippen LogP contribution in [0, 0.1) is 0 Å². The first-order valence-electron chi connectivity index (χ1n) is 7.38. The van der Waals surface area contributed by atoms with E-state index in [0.29, 0.717) is 0 Å². The third-order valence-corrected chi connectivity index (χ3v) is 3.62. The van der Waals surface area contributed by atoms with Crippen LogP contribution >= 0.6 is 0 Å². The highest BCUT2D eigenvalue weighted by molar-refractivity contribution is 5.64. The lowest BCUT2D eigenvalue weighted by Crippen LogP contribution is -2.03. The third kappa shape index (κ3) is 4.48. The topological polar surface area (TPSA) is 0 Å². The molecule has 0 heterocycles. The Morgan fingerprint density at radius 2 is 1.36 bits per heavy atom. The lowest BCUT2D eigenvalue weighted by atomic mass is 10.0. The second-order valence-electron chi connectivity index (χ2n) is 5.31. The van der Waals surface area contributed by atoms with Gasteiger partial charge in [-0.1, -0.05) is 42.5 Å². The van der Waals surface area contributed by atoms with Crippen molar-refractivity contribution in [3.8, 4) is 11.1 Å². The highest BCUT2D eigenvalue weighted by Crippen LogP contribution is 2.31. The monoisotopic (exact) mass is 304 g/mol. The first kappa shape index (κ1) is 16.3. The van der Waals surface area contributed by atoms with E-state index in [1.54, 1.807) is 0 Å². The van der Waals surface area contributed by atoms with Gasteiger partial charge in [-0.05, 0) is 54.5 Å². The number of unbranched alkanes of at least 4 members (excludes halogenated alkanes) is 2. The molecule has 0 spiro atoms. The van der Waals surface area contributed by atoms with Crippen molar-refractivity contribution in [1.82, 2.24) is 0 Å². The van der Waals surface area contributed by atoms with Crippen LogP contribution in [-0.2, 0) is 12.6 Å². The van der Waals surface area contributed by atoms with E-state index in [1.165, 1.54) is 17.7 Å². The fourth-order valence-electron chi connectivity index (χ4n) is 2.33. The minimum atomic E-state index is -4.28. The number of allylic oxidation sites excluding steroid dienone is 1. The summed E-state index contributed by atoms with van der Waals surface area (Å²) in [5.41, 5.74) is 2.37. The molecule has 0 saturated carbocycles. The molecule has 0 saturated heterocycles. The van der Waals surface area contributed by atoms with E-state index in [2.05, 4.69) is 6.58 Å². The molecule has 3 heteroatoms. The fourth-order valence-corrected chi connectivity index (χ4v) is 2.33. The minimum Gasteiger partial charge on any atom is -0.166 e. The van der Waals surface area contributed by atoms with Crippen LogP contribution in [0.5, 0.6) is 0 Å². The highest BCUT2D eigenvalue weighted by Gasteiger charge is 2.29. The maximum atomic E-state index is 12.5. The Hall–Kier alpha value is -2.03. The Labute approximate surface area is 129 Å². The van der Waals surface area contributed by atoms with Crippen molar-refractivity contribution in [1.29, 1.82) is 0 Å². The van der Waals surface area contributed by atoms with E-state index in [1.807, 2.05) is 30.3 Å². The van der Waals surface area contributed by atoms with Gasteiger partial charge < -0.3 is 0 Å². The second kappa shape index (κ2) is 7.30. The highest BCUT2D eigenvalue weighted by atomic mass is 19.4. The van der Waals surface area contributed by atoms with Gasteiger partial charge in [0.25, 0.3) is 0 Å². The number of alkyl halides is 3. The van der Waals surface area contributed by atoms with Crippen LogP contribution in [-0.4, -0.2) is 0 Å². The Kier molecular flexibility index (Phi) is 5.42. The normalized spacial score (nSPS) is 11.4. The summed E-state index contributed by atoms with van der Waals surface area (Å²) in [5, 5.41) is 0. The zero-order chi connectivity index (χ0) is 16.0. The summed E-state index contributed by atoms with van der Waals surface area (Å²) >= 11 is 0. The number of hydrogen-bond acceptors (Lipinski definition) is 0. The second-order valence-corrected chi connectivity index (χ2v) is 5.31. The maximum Gasteiger partial charge on any atom is 0.416 e.